The Kier molecular flexibility index (Phi) is 5.36. The van der Waals surface area contributed by atoms with E-state index in [9.17, 15) is 14.4 Å². The van der Waals surface area contributed by atoms with Gasteiger partial charge in [-0.1, -0.05) is 12.1 Å². The van der Waals surface area contributed by atoms with Gasteiger partial charge in [0, 0.05) is 6.04 Å². The molecule has 0 saturated heterocycles. The molecule has 1 atom stereocenters. The lowest BCUT2D eigenvalue weighted by atomic mass is 10.1. The Labute approximate surface area is 150 Å². The van der Waals surface area contributed by atoms with Crippen LogP contribution in [0.3, 0.4) is 0 Å². The topological polar surface area (TPSA) is 97.6 Å². The fourth-order valence-electron chi connectivity index (χ4n) is 2.58. The summed E-state index contributed by atoms with van der Waals surface area (Å²) in [5, 5.41) is 5.42. The highest BCUT2D eigenvalue weighted by atomic mass is 16.5. The van der Waals surface area contributed by atoms with Gasteiger partial charge in [-0.2, -0.15) is 0 Å². The van der Waals surface area contributed by atoms with E-state index in [1.165, 1.54) is 18.4 Å². The first kappa shape index (κ1) is 17.7. The first-order chi connectivity index (χ1) is 12.5. The van der Waals surface area contributed by atoms with Crippen LogP contribution in [0.15, 0.2) is 47.1 Å². The molecule has 1 saturated carbocycles. The van der Waals surface area contributed by atoms with Gasteiger partial charge in [-0.25, -0.2) is 4.79 Å². The molecule has 2 amide bonds. The van der Waals surface area contributed by atoms with E-state index in [0.29, 0.717) is 5.92 Å². The molecule has 1 heterocycles. The molecule has 3 rings (SSSR count). The van der Waals surface area contributed by atoms with Crippen molar-refractivity contribution in [2.24, 2.45) is 5.92 Å². The van der Waals surface area contributed by atoms with E-state index in [1.807, 2.05) is 6.92 Å². The maximum atomic E-state index is 12.3. The predicted molar refractivity (Wildman–Crippen MR) is 93.7 cm³/mol. The van der Waals surface area contributed by atoms with Gasteiger partial charge in [0.25, 0.3) is 11.8 Å². The maximum Gasteiger partial charge on any atom is 0.340 e. The Morgan fingerprint density at radius 2 is 1.96 bits per heavy atom. The van der Waals surface area contributed by atoms with E-state index in [1.54, 1.807) is 24.3 Å². The molecule has 26 heavy (non-hydrogen) atoms. The number of furan rings is 1. The zero-order valence-corrected chi connectivity index (χ0v) is 14.4. The van der Waals surface area contributed by atoms with E-state index < -0.39 is 11.9 Å². The molecule has 1 aromatic carbocycles. The van der Waals surface area contributed by atoms with Crippen LogP contribution in [0.1, 0.15) is 40.7 Å². The predicted octanol–water partition coefficient (Wildman–Crippen LogP) is 2.60. The number of hydrogen-bond acceptors (Lipinski definition) is 5. The van der Waals surface area contributed by atoms with Crippen molar-refractivity contribution >= 4 is 23.5 Å². The van der Waals surface area contributed by atoms with E-state index in [-0.39, 0.29) is 35.6 Å². The van der Waals surface area contributed by atoms with Crippen LogP contribution in [0.4, 0.5) is 5.69 Å². The SMILES string of the molecule is C[C@H](NC(=O)COC(=O)c1ccccc1NC(=O)c1ccco1)C1CC1. The van der Waals surface area contributed by atoms with Crippen LogP contribution in [-0.4, -0.2) is 30.4 Å². The fourth-order valence-corrected chi connectivity index (χ4v) is 2.58. The van der Waals surface area contributed by atoms with Crippen LogP contribution in [0.25, 0.3) is 0 Å². The Balaban J connectivity index is 1.58. The number of nitrogens with one attached hydrogen (secondary N) is 2. The van der Waals surface area contributed by atoms with Gasteiger partial charge in [0.15, 0.2) is 12.4 Å². The van der Waals surface area contributed by atoms with Crippen LogP contribution in [0, 0.1) is 5.92 Å². The van der Waals surface area contributed by atoms with Crippen molar-refractivity contribution in [3.8, 4) is 0 Å². The molecule has 136 valence electrons. The van der Waals surface area contributed by atoms with Gasteiger partial charge < -0.3 is 19.8 Å². The van der Waals surface area contributed by atoms with Crippen molar-refractivity contribution < 1.29 is 23.5 Å². The number of carbonyl (C=O) groups excluding carboxylic acids is 3. The summed E-state index contributed by atoms with van der Waals surface area (Å²) >= 11 is 0. The van der Waals surface area contributed by atoms with Gasteiger partial charge in [0.2, 0.25) is 0 Å². The van der Waals surface area contributed by atoms with Crippen molar-refractivity contribution in [2.75, 3.05) is 11.9 Å². The summed E-state index contributed by atoms with van der Waals surface area (Å²) in [4.78, 5) is 36.2. The van der Waals surface area contributed by atoms with Gasteiger partial charge in [-0.3, -0.25) is 9.59 Å². The number of anilines is 1. The smallest absolute Gasteiger partial charge is 0.340 e. The van der Waals surface area contributed by atoms with Crippen LogP contribution >= 0.6 is 0 Å². The van der Waals surface area contributed by atoms with Crippen molar-refractivity contribution in [3.63, 3.8) is 0 Å². The van der Waals surface area contributed by atoms with E-state index in [0.717, 1.165) is 12.8 Å². The quantitative estimate of drug-likeness (QED) is 0.743. The summed E-state index contributed by atoms with van der Waals surface area (Å²) < 4.78 is 10.1. The molecule has 1 aliphatic rings. The molecule has 2 N–H and O–H groups in total. The Morgan fingerprint density at radius 1 is 1.19 bits per heavy atom. The average molecular weight is 356 g/mol. The van der Waals surface area contributed by atoms with Gasteiger partial charge in [-0.05, 0) is 49.9 Å². The third-order valence-electron chi connectivity index (χ3n) is 4.19. The van der Waals surface area contributed by atoms with Crippen LogP contribution in [0.2, 0.25) is 0 Å². The Hall–Kier alpha value is -3.09. The standard InChI is InChI=1S/C19H20N2O5/c1-12(13-8-9-13)20-17(22)11-26-19(24)14-5-2-3-6-15(14)21-18(23)16-7-4-10-25-16/h2-7,10,12-13H,8-9,11H2,1H3,(H,20,22)(H,21,23)/t12-/m0/s1. The Bertz CT molecular complexity index is 796. The van der Waals surface area contributed by atoms with Crippen LogP contribution in [-0.2, 0) is 9.53 Å². The molecule has 0 spiro atoms. The van der Waals surface area contributed by atoms with Crippen LogP contribution < -0.4 is 10.6 Å². The second-order valence-electron chi connectivity index (χ2n) is 6.25. The minimum Gasteiger partial charge on any atom is -0.459 e. The van der Waals surface area contributed by atoms with Crippen molar-refractivity contribution in [2.45, 2.75) is 25.8 Å². The summed E-state index contributed by atoms with van der Waals surface area (Å²) in [5.74, 6) is -0.857. The molecular formula is C19H20N2O5. The second kappa shape index (κ2) is 7.86. The normalized spacial score (nSPS) is 14.3. The van der Waals surface area contributed by atoms with Crippen molar-refractivity contribution in [1.29, 1.82) is 0 Å². The number of carbonyl (C=O) groups is 3. The third-order valence-corrected chi connectivity index (χ3v) is 4.19. The minimum absolute atomic E-state index is 0.0843. The maximum absolute atomic E-state index is 12.3. The van der Waals surface area contributed by atoms with E-state index >= 15 is 0 Å². The average Bonchev–Trinajstić information content (AvgIpc) is 3.34. The molecule has 0 aliphatic heterocycles. The molecular weight excluding hydrogens is 336 g/mol. The minimum atomic E-state index is -0.686. The van der Waals surface area contributed by atoms with E-state index in [4.69, 9.17) is 9.15 Å². The summed E-state index contributed by atoms with van der Waals surface area (Å²) in [6.07, 6.45) is 3.62. The number of rotatable bonds is 7. The molecule has 0 radical (unpaired) electrons. The van der Waals surface area contributed by atoms with Gasteiger partial charge in [0.1, 0.15) is 0 Å². The molecule has 1 aromatic heterocycles. The number of ether oxygens (including phenoxy) is 1. The highest BCUT2D eigenvalue weighted by Gasteiger charge is 2.29. The fraction of sp³-hybridized carbons (Fsp3) is 0.316. The largest absolute Gasteiger partial charge is 0.459 e. The van der Waals surface area contributed by atoms with Crippen LogP contribution in [0.5, 0.6) is 0 Å². The molecule has 2 aromatic rings. The van der Waals surface area contributed by atoms with Crippen molar-refractivity contribution in [1.82, 2.24) is 5.32 Å². The Morgan fingerprint density at radius 3 is 2.65 bits per heavy atom. The monoisotopic (exact) mass is 356 g/mol. The zero-order valence-electron chi connectivity index (χ0n) is 14.4. The molecule has 1 fully saturated rings. The zero-order chi connectivity index (χ0) is 18.5. The number of para-hydroxylation sites is 1. The van der Waals surface area contributed by atoms with Gasteiger partial charge in [-0.15, -0.1) is 0 Å². The lowest BCUT2D eigenvalue weighted by Crippen LogP contribution is -2.37. The summed E-state index contributed by atoms with van der Waals surface area (Å²) in [7, 11) is 0. The highest BCUT2D eigenvalue weighted by molar-refractivity contribution is 6.06. The molecule has 0 unspecified atom stereocenters. The second-order valence-corrected chi connectivity index (χ2v) is 6.25. The molecule has 7 heteroatoms. The summed E-state index contributed by atoms with van der Waals surface area (Å²) in [5.41, 5.74) is 0.445. The van der Waals surface area contributed by atoms with Gasteiger partial charge in [0.05, 0.1) is 17.5 Å². The first-order valence-corrected chi connectivity index (χ1v) is 8.45. The number of benzene rings is 1. The third kappa shape index (κ3) is 4.50. The lowest BCUT2D eigenvalue weighted by Gasteiger charge is -2.13. The van der Waals surface area contributed by atoms with Gasteiger partial charge >= 0.3 is 5.97 Å². The lowest BCUT2D eigenvalue weighted by molar-refractivity contribution is -0.124. The molecule has 1 aliphatic carbocycles. The summed E-state index contributed by atoms with van der Waals surface area (Å²) in [6, 6.07) is 9.61. The highest BCUT2D eigenvalue weighted by Crippen LogP contribution is 2.32. The van der Waals surface area contributed by atoms with Crippen molar-refractivity contribution in [3.05, 3.63) is 54.0 Å². The number of hydrogen-bond donors (Lipinski definition) is 2. The number of amides is 2. The van der Waals surface area contributed by atoms with E-state index in [2.05, 4.69) is 10.6 Å². The molecule has 7 nitrogen and oxygen atoms in total. The first-order valence-electron chi connectivity index (χ1n) is 8.45. The number of esters is 1. The molecule has 0 bridgehead atoms. The summed E-state index contributed by atoms with van der Waals surface area (Å²) in [6.45, 7) is 1.58.